The van der Waals surface area contributed by atoms with Crippen molar-refractivity contribution in [3.05, 3.63) is 63.1 Å². The second-order valence-corrected chi connectivity index (χ2v) is 5.09. The molecule has 0 saturated carbocycles. The fourth-order valence-electron chi connectivity index (χ4n) is 1.96. The second-order valence-electron chi connectivity index (χ2n) is 4.25. The van der Waals surface area contributed by atoms with Gasteiger partial charge in [-0.2, -0.15) is 0 Å². The summed E-state index contributed by atoms with van der Waals surface area (Å²) in [6.45, 7) is 1.80. The van der Waals surface area contributed by atoms with Crippen molar-refractivity contribution in [3.63, 3.8) is 0 Å². The lowest BCUT2D eigenvalue weighted by Gasteiger charge is -2.15. The van der Waals surface area contributed by atoms with E-state index in [1.807, 2.05) is 0 Å². The van der Waals surface area contributed by atoms with E-state index in [1.54, 1.807) is 43.3 Å². The van der Waals surface area contributed by atoms with Gasteiger partial charge in [0.1, 0.15) is 0 Å². The molecular weight excluding hydrogens is 286 g/mol. The van der Waals surface area contributed by atoms with E-state index in [1.165, 1.54) is 0 Å². The van der Waals surface area contributed by atoms with Gasteiger partial charge < -0.3 is 5.43 Å². The van der Waals surface area contributed by atoms with Crippen LogP contribution < -0.4 is 11.3 Å². The first-order valence-corrected chi connectivity index (χ1v) is 6.44. The fourth-order valence-corrected chi connectivity index (χ4v) is 2.45. The number of hydrazine groups is 1. The highest BCUT2D eigenvalue weighted by Gasteiger charge is 2.19. The number of hydrogen-bond donors (Lipinski definition) is 2. The molecule has 0 aliphatic heterocycles. The largest absolute Gasteiger partial charge is 0.324 e. The van der Waals surface area contributed by atoms with Gasteiger partial charge >= 0.3 is 0 Å². The van der Waals surface area contributed by atoms with E-state index in [4.69, 9.17) is 29.0 Å². The van der Waals surface area contributed by atoms with E-state index in [2.05, 4.69) is 5.43 Å². The molecule has 1 unspecified atom stereocenters. The number of benzene rings is 2. The molecule has 0 radical (unpaired) electrons. The minimum atomic E-state index is -1.29. The monoisotopic (exact) mass is 298 g/mol. The molecule has 0 aliphatic carbocycles. The minimum Gasteiger partial charge on any atom is -0.324 e. The second kappa shape index (κ2) is 5.78. The molecule has 0 aromatic heterocycles. The van der Waals surface area contributed by atoms with Crippen molar-refractivity contribution in [1.29, 1.82) is 0 Å². The molecule has 100 valence electrons. The molecule has 2 nitrogen and oxygen atoms in total. The van der Waals surface area contributed by atoms with E-state index in [0.29, 0.717) is 26.9 Å². The number of rotatable bonds is 3. The number of anilines is 1. The third-order valence-electron chi connectivity index (χ3n) is 2.92. The highest BCUT2D eigenvalue weighted by molar-refractivity contribution is 6.32. The van der Waals surface area contributed by atoms with Gasteiger partial charge in [0.15, 0.2) is 6.17 Å². The molecule has 0 bridgehead atoms. The number of alkyl halides is 1. The highest BCUT2D eigenvalue weighted by Crippen LogP contribution is 2.36. The molecule has 2 aromatic carbocycles. The molecule has 0 spiro atoms. The standard InChI is InChI=1S/C14H13Cl2FN2/c1-8-6-11(19-18)7-12(16)13(8)14(17)9-2-4-10(15)5-3-9/h2-7,14,19H,18H2,1H3. The zero-order valence-electron chi connectivity index (χ0n) is 10.3. The molecule has 0 aliphatic rings. The summed E-state index contributed by atoms with van der Waals surface area (Å²) in [5.41, 5.74) is 4.85. The van der Waals surface area contributed by atoms with Crippen molar-refractivity contribution in [2.24, 2.45) is 5.84 Å². The van der Waals surface area contributed by atoms with Crippen LogP contribution in [0, 0.1) is 6.92 Å². The molecule has 0 heterocycles. The van der Waals surface area contributed by atoms with E-state index in [9.17, 15) is 4.39 Å². The van der Waals surface area contributed by atoms with Crippen LogP contribution in [0.5, 0.6) is 0 Å². The Morgan fingerprint density at radius 3 is 2.32 bits per heavy atom. The summed E-state index contributed by atoms with van der Waals surface area (Å²) in [4.78, 5) is 0. The van der Waals surface area contributed by atoms with Crippen LogP contribution in [0.1, 0.15) is 22.9 Å². The Hall–Kier alpha value is -1.29. The van der Waals surface area contributed by atoms with Crippen LogP contribution in [0.2, 0.25) is 10.0 Å². The zero-order chi connectivity index (χ0) is 14.0. The topological polar surface area (TPSA) is 38.0 Å². The van der Waals surface area contributed by atoms with E-state index in [0.717, 1.165) is 5.56 Å². The fraction of sp³-hybridized carbons (Fsp3) is 0.143. The van der Waals surface area contributed by atoms with Crippen LogP contribution in [0.4, 0.5) is 10.1 Å². The number of nitrogens with two attached hydrogens (primary N) is 1. The lowest BCUT2D eigenvalue weighted by Crippen LogP contribution is -2.08. The smallest absolute Gasteiger partial charge is 0.152 e. The van der Waals surface area contributed by atoms with Gasteiger partial charge in [-0.1, -0.05) is 35.3 Å². The van der Waals surface area contributed by atoms with E-state index >= 15 is 0 Å². The first-order chi connectivity index (χ1) is 9.02. The van der Waals surface area contributed by atoms with E-state index < -0.39 is 6.17 Å². The molecule has 3 N–H and O–H groups in total. The summed E-state index contributed by atoms with van der Waals surface area (Å²) in [6, 6.07) is 9.97. The van der Waals surface area contributed by atoms with Crippen molar-refractivity contribution < 1.29 is 4.39 Å². The number of nitrogen functional groups attached to an aromatic ring is 1. The van der Waals surface area contributed by atoms with Gasteiger partial charge in [-0.25, -0.2) is 4.39 Å². The SMILES string of the molecule is Cc1cc(NN)cc(Cl)c1C(F)c1ccc(Cl)cc1. The Morgan fingerprint density at radius 1 is 1.16 bits per heavy atom. The minimum absolute atomic E-state index is 0.343. The maximum Gasteiger partial charge on any atom is 0.152 e. The van der Waals surface area contributed by atoms with Crippen molar-refractivity contribution in [2.75, 3.05) is 5.43 Å². The number of aryl methyl sites for hydroxylation is 1. The van der Waals surface area contributed by atoms with Gasteiger partial charge in [0.05, 0.1) is 5.69 Å². The predicted octanol–water partition coefficient (Wildman–Crippen LogP) is 4.65. The van der Waals surface area contributed by atoms with Crippen molar-refractivity contribution >= 4 is 28.9 Å². The Balaban J connectivity index is 2.44. The zero-order valence-corrected chi connectivity index (χ0v) is 11.8. The molecular formula is C14H13Cl2FN2. The van der Waals surface area contributed by atoms with Gasteiger partial charge in [-0.15, -0.1) is 0 Å². The first kappa shape index (κ1) is 14.1. The molecule has 0 fully saturated rings. The normalized spacial score (nSPS) is 12.3. The lowest BCUT2D eigenvalue weighted by atomic mass is 9.98. The highest BCUT2D eigenvalue weighted by atomic mass is 35.5. The van der Waals surface area contributed by atoms with Gasteiger partial charge in [-0.3, -0.25) is 5.84 Å². The predicted molar refractivity (Wildman–Crippen MR) is 78.4 cm³/mol. The molecule has 0 amide bonds. The van der Waals surface area contributed by atoms with Crippen LogP contribution in [-0.4, -0.2) is 0 Å². The number of halogens is 3. The van der Waals surface area contributed by atoms with E-state index in [-0.39, 0.29) is 0 Å². The maximum atomic E-state index is 14.6. The lowest BCUT2D eigenvalue weighted by molar-refractivity contribution is 0.400. The van der Waals surface area contributed by atoms with Crippen LogP contribution in [0.25, 0.3) is 0 Å². The van der Waals surface area contributed by atoms with Crippen molar-refractivity contribution in [2.45, 2.75) is 13.1 Å². The molecule has 2 rings (SSSR count). The van der Waals surface area contributed by atoms with Gasteiger partial charge in [-0.05, 0) is 42.3 Å². The Kier molecular flexibility index (Phi) is 4.30. The van der Waals surface area contributed by atoms with Gasteiger partial charge in [0.2, 0.25) is 0 Å². The molecule has 5 heteroatoms. The molecule has 1 atom stereocenters. The third-order valence-corrected chi connectivity index (χ3v) is 3.48. The summed E-state index contributed by atoms with van der Waals surface area (Å²) >= 11 is 11.9. The average molecular weight is 299 g/mol. The van der Waals surface area contributed by atoms with Crippen molar-refractivity contribution in [1.82, 2.24) is 0 Å². The molecule has 2 aromatic rings. The quantitative estimate of drug-likeness (QED) is 0.639. The third kappa shape index (κ3) is 3.00. The van der Waals surface area contributed by atoms with Crippen LogP contribution in [-0.2, 0) is 0 Å². The summed E-state index contributed by atoms with van der Waals surface area (Å²) in [7, 11) is 0. The Labute approximate surface area is 121 Å². The average Bonchev–Trinajstić information content (AvgIpc) is 2.38. The summed E-state index contributed by atoms with van der Waals surface area (Å²) < 4.78 is 14.6. The van der Waals surface area contributed by atoms with Crippen LogP contribution in [0.15, 0.2) is 36.4 Å². The van der Waals surface area contributed by atoms with Crippen LogP contribution in [0.3, 0.4) is 0 Å². The summed E-state index contributed by atoms with van der Waals surface area (Å²) in [5.74, 6) is 5.32. The number of hydrogen-bond acceptors (Lipinski definition) is 2. The first-order valence-electron chi connectivity index (χ1n) is 5.69. The summed E-state index contributed by atoms with van der Waals surface area (Å²) in [6.07, 6.45) is -1.29. The van der Waals surface area contributed by atoms with Gasteiger partial charge in [0.25, 0.3) is 0 Å². The van der Waals surface area contributed by atoms with Gasteiger partial charge in [0, 0.05) is 15.6 Å². The molecule has 19 heavy (non-hydrogen) atoms. The number of nitrogens with one attached hydrogen (secondary N) is 1. The maximum absolute atomic E-state index is 14.6. The Morgan fingerprint density at radius 2 is 1.79 bits per heavy atom. The Bertz CT molecular complexity index is 561. The van der Waals surface area contributed by atoms with Crippen LogP contribution >= 0.6 is 23.2 Å². The summed E-state index contributed by atoms with van der Waals surface area (Å²) in [5, 5.41) is 0.914. The van der Waals surface area contributed by atoms with Crippen molar-refractivity contribution in [3.8, 4) is 0 Å². The molecule has 0 saturated heterocycles.